The Kier molecular flexibility index (Phi) is 3.94. The average molecular weight is 227 g/mol. The second-order valence-electron chi connectivity index (χ2n) is 3.16. The standard InChI is InChI=1S/C10H15ClN4/c1-7-5-4-6-8(11)9(7)15(3)10(13-2)14-12/h4-6H,12H2,1-3H3,(H,13,14). The molecule has 0 unspecified atom stereocenters. The van der Waals surface area contributed by atoms with Gasteiger partial charge in [0.15, 0.2) is 0 Å². The number of nitrogens with two attached hydrogens (primary N) is 1. The average Bonchev–Trinajstić information content (AvgIpc) is 2.19. The van der Waals surface area contributed by atoms with Crippen LogP contribution in [-0.4, -0.2) is 20.1 Å². The van der Waals surface area contributed by atoms with Crippen molar-refractivity contribution in [2.75, 3.05) is 19.0 Å². The molecule has 0 amide bonds. The van der Waals surface area contributed by atoms with Crippen LogP contribution in [0.1, 0.15) is 5.56 Å². The Bertz CT molecular complexity index is 355. The number of hydrogen-bond donors (Lipinski definition) is 2. The highest BCUT2D eigenvalue weighted by Crippen LogP contribution is 2.28. The number of para-hydroxylation sites is 1. The highest BCUT2D eigenvalue weighted by Gasteiger charge is 2.12. The number of benzene rings is 1. The number of nitrogens with zero attached hydrogens (tertiary/aromatic N) is 2. The van der Waals surface area contributed by atoms with Gasteiger partial charge in [0, 0.05) is 14.1 Å². The number of nitrogens with one attached hydrogen (secondary N) is 1. The third-order valence-corrected chi connectivity index (χ3v) is 2.49. The predicted molar refractivity (Wildman–Crippen MR) is 65.3 cm³/mol. The molecule has 0 spiro atoms. The second kappa shape index (κ2) is 5.00. The maximum atomic E-state index is 6.12. The van der Waals surface area contributed by atoms with E-state index < -0.39 is 0 Å². The number of aliphatic imine (C=N–C) groups is 1. The largest absolute Gasteiger partial charge is 0.313 e. The van der Waals surface area contributed by atoms with Crippen molar-refractivity contribution < 1.29 is 0 Å². The van der Waals surface area contributed by atoms with Crippen LogP contribution in [0.15, 0.2) is 23.2 Å². The fourth-order valence-electron chi connectivity index (χ4n) is 1.47. The van der Waals surface area contributed by atoms with Gasteiger partial charge in [-0.15, -0.1) is 0 Å². The molecule has 0 aromatic heterocycles. The van der Waals surface area contributed by atoms with E-state index in [2.05, 4.69) is 10.4 Å². The molecular formula is C10H15ClN4. The van der Waals surface area contributed by atoms with Crippen LogP contribution in [0.2, 0.25) is 5.02 Å². The quantitative estimate of drug-likeness (QED) is 0.331. The number of hydrazine groups is 1. The Morgan fingerprint density at radius 1 is 1.53 bits per heavy atom. The van der Waals surface area contributed by atoms with E-state index in [1.165, 1.54) is 0 Å². The van der Waals surface area contributed by atoms with Crippen LogP contribution in [-0.2, 0) is 0 Å². The summed E-state index contributed by atoms with van der Waals surface area (Å²) in [5, 5.41) is 0.675. The molecule has 3 N–H and O–H groups in total. The number of hydrogen-bond acceptors (Lipinski definition) is 2. The zero-order valence-electron chi connectivity index (χ0n) is 9.08. The SMILES string of the molecule is CN=C(NN)N(C)c1c(C)cccc1Cl. The van der Waals surface area contributed by atoms with Gasteiger partial charge in [-0.25, -0.2) is 5.84 Å². The Hall–Kier alpha value is -1.26. The van der Waals surface area contributed by atoms with Crippen molar-refractivity contribution in [1.29, 1.82) is 0 Å². The van der Waals surface area contributed by atoms with Gasteiger partial charge in [0.05, 0.1) is 10.7 Å². The van der Waals surface area contributed by atoms with Gasteiger partial charge in [-0.3, -0.25) is 10.4 Å². The van der Waals surface area contributed by atoms with Gasteiger partial charge in [-0.05, 0) is 18.6 Å². The van der Waals surface area contributed by atoms with E-state index >= 15 is 0 Å². The van der Waals surface area contributed by atoms with Crippen LogP contribution in [0, 0.1) is 6.92 Å². The lowest BCUT2D eigenvalue weighted by molar-refractivity contribution is 0.969. The minimum Gasteiger partial charge on any atom is -0.313 e. The van der Waals surface area contributed by atoms with E-state index in [0.717, 1.165) is 11.3 Å². The molecule has 0 fully saturated rings. The molecule has 0 heterocycles. The van der Waals surface area contributed by atoms with Gasteiger partial charge >= 0.3 is 0 Å². The fraction of sp³-hybridized carbons (Fsp3) is 0.300. The number of rotatable bonds is 1. The van der Waals surface area contributed by atoms with Crippen molar-refractivity contribution in [3.63, 3.8) is 0 Å². The van der Waals surface area contributed by atoms with Crippen LogP contribution in [0.3, 0.4) is 0 Å². The van der Waals surface area contributed by atoms with Gasteiger partial charge in [0.1, 0.15) is 0 Å². The van der Waals surface area contributed by atoms with E-state index in [9.17, 15) is 0 Å². The molecule has 15 heavy (non-hydrogen) atoms. The van der Waals surface area contributed by atoms with Crippen molar-refractivity contribution in [3.05, 3.63) is 28.8 Å². The molecule has 1 rings (SSSR count). The van der Waals surface area contributed by atoms with Crippen LogP contribution in [0.4, 0.5) is 5.69 Å². The van der Waals surface area contributed by atoms with Gasteiger partial charge in [0.2, 0.25) is 5.96 Å². The van der Waals surface area contributed by atoms with E-state index in [1.807, 2.05) is 37.1 Å². The van der Waals surface area contributed by atoms with Crippen LogP contribution in [0.25, 0.3) is 0 Å². The van der Waals surface area contributed by atoms with Gasteiger partial charge in [-0.2, -0.15) is 0 Å². The van der Waals surface area contributed by atoms with Crippen molar-refractivity contribution in [2.24, 2.45) is 10.8 Å². The minimum atomic E-state index is 0.561. The van der Waals surface area contributed by atoms with Crippen LogP contribution < -0.4 is 16.2 Å². The summed E-state index contributed by atoms with van der Waals surface area (Å²) in [6.07, 6.45) is 0. The first kappa shape index (κ1) is 11.8. The Labute approximate surface area is 94.7 Å². The molecule has 1 aromatic rings. The maximum Gasteiger partial charge on any atom is 0.212 e. The predicted octanol–water partition coefficient (Wildman–Crippen LogP) is 1.53. The monoisotopic (exact) mass is 226 g/mol. The molecular weight excluding hydrogens is 212 g/mol. The third kappa shape index (κ3) is 2.40. The molecule has 4 nitrogen and oxygen atoms in total. The van der Waals surface area contributed by atoms with E-state index in [4.69, 9.17) is 17.4 Å². The smallest absolute Gasteiger partial charge is 0.212 e. The lowest BCUT2D eigenvalue weighted by Crippen LogP contribution is -2.43. The molecule has 0 aliphatic carbocycles. The fourth-order valence-corrected chi connectivity index (χ4v) is 1.81. The third-order valence-electron chi connectivity index (χ3n) is 2.18. The summed E-state index contributed by atoms with van der Waals surface area (Å²) >= 11 is 6.12. The van der Waals surface area contributed by atoms with Gasteiger partial charge in [-0.1, -0.05) is 23.7 Å². The highest BCUT2D eigenvalue weighted by atomic mass is 35.5. The number of aryl methyl sites for hydroxylation is 1. The summed E-state index contributed by atoms with van der Waals surface area (Å²) in [5.41, 5.74) is 4.49. The van der Waals surface area contributed by atoms with E-state index in [-0.39, 0.29) is 0 Å². The number of anilines is 1. The molecule has 0 saturated carbocycles. The normalized spacial score (nSPS) is 11.4. The summed E-state index contributed by atoms with van der Waals surface area (Å²) in [6.45, 7) is 1.99. The minimum absolute atomic E-state index is 0.561. The second-order valence-corrected chi connectivity index (χ2v) is 3.56. The van der Waals surface area contributed by atoms with E-state index in [1.54, 1.807) is 7.05 Å². The summed E-state index contributed by atoms with van der Waals surface area (Å²) < 4.78 is 0. The first-order chi connectivity index (χ1) is 7.11. The molecule has 0 aliphatic heterocycles. The highest BCUT2D eigenvalue weighted by molar-refractivity contribution is 6.34. The molecule has 82 valence electrons. The van der Waals surface area contributed by atoms with Crippen molar-refractivity contribution in [2.45, 2.75) is 6.92 Å². The van der Waals surface area contributed by atoms with Crippen molar-refractivity contribution >= 4 is 23.2 Å². The Morgan fingerprint density at radius 2 is 2.20 bits per heavy atom. The van der Waals surface area contributed by atoms with Crippen LogP contribution >= 0.6 is 11.6 Å². The maximum absolute atomic E-state index is 6.12. The lowest BCUT2D eigenvalue weighted by atomic mass is 10.2. The number of halogens is 1. The number of guanidine groups is 1. The zero-order chi connectivity index (χ0) is 11.4. The molecule has 0 aliphatic rings. The molecule has 5 heteroatoms. The molecule has 0 atom stereocenters. The first-order valence-electron chi connectivity index (χ1n) is 4.54. The van der Waals surface area contributed by atoms with Crippen LogP contribution in [0.5, 0.6) is 0 Å². The summed E-state index contributed by atoms with van der Waals surface area (Å²) in [7, 11) is 3.52. The van der Waals surface area contributed by atoms with E-state index in [0.29, 0.717) is 11.0 Å². The summed E-state index contributed by atoms with van der Waals surface area (Å²) in [6, 6.07) is 5.74. The van der Waals surface area contributed by atoms with Gasteiger partial charge < -0.3 is 4.90 Å². The topological polar surface area (TPSA) is 53.6 Å². The molecule has 0 saturated heterocycles. The van der Waals surface area contributed by atoms with Crippen molar-refractivity contribution in [3.8, 4) is 0 Å². The molecule has 0 bridgehead atoms. The van der Waals surface area contributed by atoms with Crippen molar-refractivity contribution in [1.82, 2.24) is 5.43 Å². The molecule has 1 aromatic carbocycles. The molecule has 0 radical (unpaired) electrons. The Morgan fingerprint density at radius 3 is 2.67 bits per heavy atom. The lowest BCUT2D eigenvalue weighted by Gasteiger charge is -2.23. The summed E-state index contributed by atoms with van der Waals surface area (Å²) in [5.74, 6) is 5.92. The zero-order valence-corrected chi connectivity index (χ0v) is 9.84. The first-order valence-corrected chi connectivity index (χ1v) is 4.91. The van der Waals surface area contributed by atoms with Gasteiger partial charge in [0.25, 0.3) is 0 Å². The summed E-state index contributed by atoms with van der Waals surface area (Å²) in [4.78, 5) is 5.83. The Balaban J connectivity index is 3.16.